The van der Waals surface area contributed by atoms with E-state index in [0.717, 1.165) is 22.7 Å². The van der Waals surface area contributed by atoms with Gasteiger partial charge in [-0.3, -0.25) is 13.9 Å². The fourth-order valence-corrected chi connectivity index (χ4v) is 4.38. The van der Waals surface area contributed by atoms with Crippen molar-refractivity contribution in [1.29, 1.82) is 0 Å². The Morgan fingerprint density at radius 2 is 1.78 bits per heavy atom. The molecule has 0 bridgehead atoms. The zero-order valence-electron chi connectivity index (χ0n) is 18.3. The zero-order valence-corrected chi connectivity index (χ0v) is 19.1. The molecule has 2 rings (SSSR count). The van der Waals surface area contributed by atoms with Crippen molar-refractivity contribution in [2.75, 3.05) is 36.1 Å². The van der Waals surface area contributed by atoms with Crippen LogP contribution in [0.25, 0.3) is 0 Å². The van der Waals surface area contributed by atoms with Gasteiger partial charge in [0.2, 0.25) is 15.9 Å². The van der Waals surface area contributed by atoms with Gasteiger partial charge in [-0.25, -0.2) is 12.8 Å². The Morgan fingerprint density at radius 1 is 1.12 bits per heavy atom. The zero-order chi connectivity index (χ0) is 23.7. The van der Waals surface area contributed by atoms with Crippen LogP contribution in [-0.2, 0) is 19.6 Å². The molecule has 2 aromatic carbocycles. The number of methoxy groups -OCH3 is 1. The maximum Gasteiger partial charge on any atom is 0.253 e. The first-order chi connectivity index (χ1) is 15.2. The van der Waals surface area contributed by atoms with Crippen LogP contribution < -0.4 is 14.9 Å². The molecule has 0 aliphatic rings. The summed E-state index contributed by atoms with van der Waals surface area (Å²) < 4.78 is 44.2. The second-order valence-corrected chi connectivity index (χ2v) is 8.96. The van der Waals surface area contributed by atoms with Crippen molar-refractivity contribution in [2.24, 2.45) is 0 Å². The van der Waals surface area contributed by atoms with Gasteiger partial charge >= 0.3 is 0 Å². The SMILES string of the molecule is CC[C@H](C(=O)Nc1ccccc1C(=O)NCCCOC)N(c1ccc(F)cc1)S(C)(=O)=O. The van der Waals surface area contributed by atoms with Crippen molar-refractivity contribution in [3.05, 3.63) is 59.9 Å². The van der Waals surface area contributed by atoms with Crippen molar-refractivity contribution in [3.8, 4) is 0 Å². The lowest BCUT2D eigenvalue weighted by molar-refractivity contribution is -0.117. The molecule has 0 radical (unpaired) electrons. The number of hydrogen-bond acceptors (Lipinski definition) is 5. The molecular weight excluding hydrogens is 437 g/mol. The van der Waals surface area contributed by atoms with Gasteiger partial charge in [0.25, 0.3) is 5.91 Å². The van der Waals surface area contributed by atoms with E-state index in [9.17, 15) is 22.4 Å². The fraction of sp³-hybridized carbons (Fsp3) is 0.364. The number of carbonyl (C=O) groups excluding carboxylic acids is 2. The Morgan fingerprint density at radius 3 is 2.38 bits per heavy atom. The topological polar surface area (TPSA) is 105 Å². The Balaban J connectivity index is 2.27. The van der Waals surface area contributed by atoms with Crippen molar-refractivity contribution in [2.45, 2.75) is 25.8 Å². The number of amides is 2. The van der Waals surface area contributed by atoms with Gasteiger partial charge in [0.15, 0.2) is 0 Å². The highest BCUT2D eigenvalue weighted by molar-refractivity contribution is 7.92. The largest absolute Gasteiger partial charge is 0.385 e. The lowest BCUT2D eigenvalue weighted by Crippen LogP contribution is -2.47. The maximum atomic E-state index is 13.3. The fourth-order valence-electron chi connectivity index (χ4n) is 3.17. The minimum Gasteiger partial charge on any atom is -0.385 e. The second-order valence-electron chi connectivity index (χ2n) is 7.10. The van der Waals surface area contributed by atoms with Crippen LogP contribution in [0.3, 0.4) is 0 Å². The van der Waals surface area contributed by atoms with Crippen LogP contribution in [0.15, 0.2) is 48.5 Å². The maximum absolute atomic E-state index is 13.3. The Hall–Kier alpha value is -2.98. The van der Waals surface area contributed by atoms with Gasteiger partial charge in [0.05, 0.1) is 23.2 Å². The standard InChI is InChI=1S/C22H28FN3O5S/c1-4-20(26(32(3,29)30)17-12-10-16(23)11-13-17)22(28)25-19-9-6-5-8-18(19)21(27)24-14-7-15-31-2/h5-6,8-13,20H,4,7,14-15H2,1-3H3,(H,24,27)(H,25,28)/t20-/m1/s1. The van der Waals surface area contributed by atoms with Crippen LogP contribution in [0.2, 0.25) is 0 Å². The molecule has 2 N–H and O–H groups in total. The third-order valence-electron chi connectivity index (χ3n) is 4.65. The smallest absolute Gasteiger partial charge is 0.253 e. The van der Waals surface area contributed by atoms with E-state index in [1.165, 1.54) is 12.1 Å². The van der Waals surface area contributed by atoms with Gasteiger partial charge in [-0.05, 0) is 49.2 Å². The molecule has 1 atom stereocenters. The van der Waals surface area contributed by atoms with Crippen LogP contribution in [0.4, 0.5) is 15.8 Å². The van der Waals surface area contributed by atoms with Gasteiger partial charge in [-0.2, -0.15) is 0 Å². The Bertz CT molecular complexity index is 1030. The molecule has 0 aromatic heterocycles. The molecule has 0 aliphatic carbocycles. The number of nitrogens with zero attached hydrogens (tertiary/aromatic N) is 1. The van der Waals surface area contributed by atoms with Crippen molar-refractivity contribution >= 4 is 33.2 Å². The highest BCUT2D eigenvalue weighted by Crippen LogP contribution is 2.24. The molecule has 0 spiro atoms. The molecule has 32 heavy (non-hydrogen) atoms. The van der Waals surface area contributed by atoms with E-state index in [-0.39, 0.29) is 29.3 Å². The lowest BCUT2D eigenvalue weighted by Gasteiger charge is -2.30. The first kappa shape index (κ1) is 25.3. The normalized spacial score (nSPS) is 12.1. The molecule has 2 amide bonds. The lowest BCUT2D eigenvalue weighted by atomic mass is 10.1. The summed E-state index contributed by atoms with van der Waals surface area (Å²) >= 11 is 0. The van der Waals surface area contributed by atoms with Crippen LogP contribution >= 0.6 is 0 Å². The van der Waals surface area contributed by atoms with Crippen molar-refractivity contribution < 1.29 is 27.1 Å². The molecule has 0 heterocycles. The number of sulfonamides is 1. The summed E-state index contributed by atoms with van der Waals surface area (Å²) in [6.07, 6.45) is 1.77. The number of anilines is 2. The molecule has 0 unspecified atom stereocenters. The molecular formula is C22H28FN3O5S. The van der Waals surface area contributed by atoms with Crippen LogP contribution in [-0.4, -0.2) is 52.8 Å². The van der Waals surface area contributed by atoms with E-state index in [4.69, 9.17) is 4.74 Å². The van der Waals surface area contributed by atoms with Gasteiger partial charge in [-0.1, -0.05) is 19.1 Å². The van der Waals surface area contributed by atoms with E-state index in [1.807, 2.05) is 0 Å². The van der Waals surface area contributed by atoms with Crippen molar-refractivity contribution in [3.63, 3.8) is 0 Å². The Labute approximate surface area is 187 Å². The average molecular weight is 466 g/mol. The van der Waals surface area contributed by atoms with Gasteiger partial charge in [0.1, 0.15) is 11.9 Å². The van der Waals surface area contributed by atoms with Crippen LogP contribution in [0.1, 0.15) is 30.1 Å². The van der Waals surface area contributed by atoms with E-state index in [2.05, 4.69) is 10.6 Å². The highest BCUT2D eigenvalue weighted by atomic mass is 32.2. The summed E-state index contributed by atoms with van der Waals surface area (Å²) in [5, 5.41) is 5.43. The summed E-state index contributed by atoms with van der Waals surface area (Å²) in [5.74, 6) is -1.50. The molecule has 0 fully saturated rings. The van der Waals surface area contributed by atoms with Crippen LogP contribution in [0.5, 0.6) is 0 Å². The number of nitrogens with one attached hydrogen (secondary N) is 2. The summed E-state index contributed by atoms with van der Waals surface area (Å²) in [4.78, 5) is 25.7. The summed E-state index contributed by atoms with van der Waals surface area (Å²) in [6, 6.07) is 10.2. The van der Waals surface area contributed by atoms with Crippen molar-refractivity contribution in [1.82, 2.24) is 5.32 Å². The predicted molar refractivity (Wildman–Crippen MR) is 122 cm³/mol. The van der Waals surface area contributed by atoms with Gasteiger partial charge in [0, 0.05) is 20.3 Å². The molecule has 0 aliphatic heterocycles. The number of carbonyl (C=O) groups is 2. The molecule has 8 nitrogen and oxygen atoms in total. The Kier molecular flexibility index (Phi) is 9.15. The second kappa shape index (κ2) is 11.6. The van der Waals surface area contributed by atoms with E-state index in [1.54, 1.807) is 38.3 Å². The molecule has 10 heteroatoms. The third kappa shape index (κ3) is 6.76. The van der Waals surface area contributed by atoms with E-state index >= 15 is 0 Å². The number of para-hydroxylation sites is 1. The first-order valence-corrected chi connectivity index (χ1v) is 12.0. The monoisotopic (exact) mass is 465 g/mol. The van der Waals surface area contributed by atoms with E-state index in [0.29, 0.717) is 19.6 Å². The molecule has 174 valence electrons. The highest BCUT2D eigenvalue weighted by Gasteiger charge is 2.32. The molecule has 0 saturated heterocycles. The minimum atomic E-state index is -3.86. The number of rotatable bonds is 11. The number of halogens is 1. The number of benzene rings is 2. The molecule has 2 aromatic rings. The van der Waals surface area contributed by atoms with E-state index < -0.39 is 27.8 Å². The summed E-state index contributed by atoms with van der Waals surface area (Å²) in [5.41, 5.74) is 0.675. The summed E-state index contributed by atoms with van der Waals surface area (Å²) in [7, 11) is -2.29. The number of hydrogen-bond donors (Lipinski definition) is 2. The average Bonchev–Trinajstić information content (AvgIpc) is 2.75. The third-order valence-corrected chi connectivity index (χ3v) is 5.83. The van der Waals surface area contributed by atoms with Gasteiger partial charge < -0.3 is 15.4 Å². The minimum absolute atomic E-state index is 0.154. The quantitative estimate of drug-likeness (QED) is 0.497. The predicted octanol–water partition coefficient (Wildman–Crippen LogP) is 2.78. The van der Waals surface area contributed by atoms with Crippen LogP contribution in [0, 0.1) is 5.82 Å². The first-order valence-electron chi connectivity index (χ1n) is 10.1. The summed E-state index contributed by atoms with van der Waals surface area (Å²) in [6.45, 7) is 2.57. The van der Waals surface area contributed by atoms with Gasteiger partial charge in [-0.15, -0.1) is 0 Å². The molecule has 0 saturated carbocycles. The number of ether oxygens (including phenoxy) is 1.